The first-order valence-electron chi connectivity index (χ1n) is 5.29. The molecule has 0 saturated carbocycles. The number of hydrogen-bond acceptors (Lipinski definition) is 4. The van der Waals surface area contributed by atoms with Crippen molar-refractivity contribution < 1.29 is 9.31 Å². The van der Waals surface area contributed by atoms with Crippen LogP contribution in [-0.2, 0) is 6.54 Å². The molecule has 5 nitrogen and oxygen atoms in total. The van der Waals surface area contributed by atoms with Crippen LogP contribution < -0.4 is 5.32 Å². The highest BCUT2D eigenvalue weighted by Gasteiger charge is 2.13. The minimum atomic E-state index is -0.498. The Morgan fingerprint density at radius 3 is 2.76 bits per heavy atom. The van der Waals surface area contributed by atoms with Gasteiger partial charge in [-0.05, 0) is 26.2 Å². The Hall–Kier alpha value is -1.53. The summed E-state index contributed by atoms with van der Waals surface area (Å²) in [4.78, 5) is 12.2. The van der Waals surface area contributed by atoms with Gasteiger partial charge in [0.1, 0.15) is 5.82 Å². The molecule has 1 aromatic rings. The molecule has 0 saturated heterocycles. The lowest BCUT2D eigenvalue weighted by molar-refractivity contribution is -0.385. The van der Waals surface area contributed by atoms with Crippen LogP contribution in [0.15, 0.2) is 18.2 Å². The zero-order valence-corrected chi connectivity index (χ0v) is 9.94. The molecule has 0 atom stereocenters. The van der Waals surface area contributed by atoms with Crippen LogP contribution in [0.3, 0.4) is 0 Å². The van der Waals surface area contributed by atoms with E-state index in [1.54, 1.807) is 0 Å². The van der Waals surface area contributed by atoms with Crippen molar-refractivity contribution in [1.29, 1.82) is 0 Å². The molecule has 0 heterocycles. The number of nitrogens with one attached hydrogen (secondary N) is 1. The second-order valence-corrected chi connectivity index (χ2v) is 4.01. The number of nitro benzene ring substituents is 1. The Balaban J connectivity index is 2.62. The second kappa shape index (κ2) is 6.27. The Kier molecular flexibility index (Phi) is 4.99. The fourth-order valence-corrected chi connectivity index (χ4v) is 1.40. The quantitative estimate of drug-likeness (QED) is 0.464. The number of nitro groups is 1. The molecule has 0 aliphatic carbocycles. The average molecular weight is 241 g/mol. The van der Waals surface area contributed by atoms with Crippen molar-refractivity contribution in [2.45, 2.75) is 6.54 Å². The van der Waals surface area contributed by atoms with Gasteiger partial charge in [-0.3, -0.25) is 10.1 Å². The first-order chi connectivity index (χ1) is 8.00. The van der Waals surface area contributed by atoms with Crippen LogP contribution in [0.5, 0.6) is 0 Å². The lowest BCUT2D eigenvalue weighted by atomic mass is 10.1. The molecule has 0 unspecified atom stereocenters. The number of rotatable bonds is 6. The molecule has 0 aromatic heterocycles. The molecule has 0 amide bonds. The molecule has 1 rings (SSSR count). The van der Waals surface area contributed by atoms with Gasteiger partial charge in [0.05, 0.1) is 4.92 Å². The topological polar surface area (TPSA) is 58.4 Å². The minimum absolute atomic E-state index is 0.0521. The summed E-state index contributed by atoms with van der Waals surface area (Å²) < 4.78 is 13.0. The Bertz CT molecular complexity index is 396. The Morgan fingerprint density at radius 1 is 1.47 bits per heavy atom. The standard InChI is InChI=1S/C11H16FN3O2/c1-14(2)6-5-13-8-9-7-10(12)3-4-11(9)15(16)17/h3-4,7,13H,5-6,8H2,1-2H3. The van der Waals surface area contributed by atoms with E-state index in [0.717, 1.165) is 12.6 Å². The largest absolute Gasteiger partial charge is 0.311 e. The van der Waals surface area contributed by atoms with E-state index in [0.29, 0.717) is 18.7 Å². The van der Waals surface area contributed by atoms with Gasteiger partial charge in [-0.25, -0.2) is 4.39 Å². The van der Waals surface area contributed by atoms with Gasteiger partial charge >= 0.3 is 0 Å². The highest BCUT2D eigenvalue weighted by atomic mass is 19.1. The number of likely N-dealkylation sites (N-methyl/N-ethyl adjacent to an activating group) is 1. The van der Waals surface area contributed by atoms with E-state index in [-0.39, 0.29) is 5.69 Å². The third kappa shape index (κ3) is 4.46. The van der Waals surface area contributed by atoms with Crippen LogP contribution in [0.1, 0.15) is 5.56 Å². The molecule has 0 aliphatic rings. The van der Waals surface area contributed by atoms with E-state index >= 15 is 0 Å². The lowest BCUT2D eigenvalue weighted by Crippen LogP contribution is -2.26. The van der Waals surface area contributed by atoms with E-state index in [1.807, 2.05) is 19.0 Å². The van der Waals surface area contributed by atoms with E-state index in [2.05, 4.69) is 5.32 Å². The SMILES string of the molecule is CN(C)CCNCc1cc(F)ccc1[N+](=O)[O-]. The molecule has 0 radical (unpaired) electrons. The molecular formula is C11H16FN3O2. The monoisotopic (exact) mass is 241 g/mol. The van der Waals surface area contributed by atoms with Crippen molar-refractivity contribution in [3.05, 3.63) is 39.7 Å². The van der Waals surface area contributed by atoms with Crippen molar-refractivity contribution in [1.82, 2.24) is 10.2 Å². The lowest BCUT2D eigenvalue weighted by Gasteiger charge is -2.10. The van der Waals surface area contributed by atoms with Crippen molar-refractivity contribution >= 4 is 5.69 Å². The first-order valence-corrected chi connectivity index (χ1v) is 5.29. The average Bonchev–Trinajstić information content (AvgIpc) is 2.23. The van der Waals surface area contributed by atoms with Crippen molar-refractivity contribution in [2.24, 2.45) is 0 Å². The molecule has 6 heteroatoms. The Morgan fingerprint density at radius 2 is 2.18 bits per heavy atom. The molecule has 17 heavy (non-hydrogen) atoms. The van der Waals surface area contributed by atoms with Gasteiger partial charge in [-0.2, -0.15) is 0 Å². The molecular weight excluding hydrogens is 225 g/mol. The summed E-state index contributed by atoms with van der Waals surface area (Å²) in [5, 5.41) is 13.8. The normalized spacial score (nSPS) is 10.8. The van der Waals surface area contributed by atoms with Crippen LogP contribution >= 0.6 is 0 Å². The van der Waals surface area contributed by atoms with Gasteiger partial charge in [0, 0.05) is 31.3 Å². The van der Waals surface area contributed by atoms with E-state index < -0.39 is 10.7 Å². The maximum absolute atomic E-state index is 13.0. The summed E-state index contributed by atoms with van der Waals surface area (Å²) in [6.07, 6.45) is 0. The number of nitrogens with zero attached hydrogens (tertiary/aromatic N) is 2. The van der Waals surface area contributed by atoms with Gasteiger partial charge in [-0.1, -0.05) is 0 Å². The highest BCUT2D eigenvalue weighted by molar-refractivity contribution is 5.40. The third-order valence-corrected chi connectivity index (χ3v) is 2.29. The van der Waals surface area contributed by atoms with Crippen LogP contribution in [0.25, 0.3) is 0 Å². The van der Waals surface area contributed by atoms with Gasteiger partial charge in [-0.15, -0.1) is 0 Å². The number of halogens is 1. The zero-order valence-electron chi connectivity index (χ0n) is 9.94. The minimum Gasteiger partial charge on any atom is -0.311 e. The van der Waals surface area contributed by atoms with Crippen LogP contribution in [-0.4, -0.2) is 37.0 Å². The summed E-state index contributed by atoms with van der Waals surface area (Å²) in [6.45, 7) is 1.81. The third-order valence-electron chi connectivity index (χ3n) is 2.29. The highest BCUT2D eigenvalue weighted by Crippen LogP contribution is 2.19. The molecule has 94 valence electrons. The molecule has 1 aromatic carbocycles. The predicted molar refractivity (Wildman–Crippen MR) is 63.3 cm³/mol. The van der Waals surface area contributed by atoms with Crippen LogP contribution in [0, 0.1) is 15.9 Å². The van der Waals surface area contributed by atoms with E-state index in [9.17, 15) is 14.5 Å². The van der Waals surface area contributed by atoms with Crippen LogP contribution in [0.4, 0.5) is 10.1 Å². The molecule has 0 fully saturated rings. The maximum Gasteiger partial charge on any atom is 0.274 e. The molecule has 1 N–H and O–H groups in total. The summed E-state index contributed by atoms with van der Waals surface area (Å²) in [7, 11) is 3.87. The van der Waals surface area contributed by atoms with Crippen LogP contribution in [0.2, 0.25) is 0 Å². The number of benzene rings is 1. The van der Waals surface area contributed by atoms with Gasteiger partial charge in [0.2, 0.25) is 0 Å². The second-order valence-electron chi connectivity index (χ2n) is 4.01. The smallest absolute Gasteiger partial charge is 0.274 e. The summed E-state index contributed by atoms with van der Waals surface area (Å²) in [5.41, 5.74) is 0.317. The Labute approximate surface area is 99.4 Å². The van der Waals surface area contributed by atoms with Crippen molar-refractivity contribution in [2.75, 3.05) is 27.2 Å². The first kappa shape index (κ1) is 13.5. The number of hydrogen-bond donors (Lipinski definition) is 1. The fraction of sp³-hybridized carbons (Fsp3) is 0.455. The molecule has 0 bridgehead atoms. The van der Waals surface area contributed by atoms with E-state index in [1.165, 1.54) is 12.1 Å². The van der Waals surface area contributed by atoms with Gasteiger partial charge < -0.3 is 10.2 Å². The van der Waals surface area contributed by atoms with Gasteiger partial charge in [0.15, 0.2) is 0 Å². The summed E-state index contributed by atoms with van der Waals surface area (Å²) in [6, 6.07) is 3.49. The van der Waals surface area contributed by atoms with Crippen molar-refractivity contribution in [3.63, 3.8) is 0 Å². The fourth-order valence-electron chi connectivity index (χ4n) is 1.40. The predicted octanol–water partition coefficient (Wildman–Crippen LogP) is 1.39. The maximum atomic E-state index is 13.0. The van der Waals surface area contributed by atoms with E-state index in [4.69, 9.17) is 0 Å². The zero-order chi connectivity index (χ0) is 12.8. The molecule has 0 aliphatic heterocycles. The van der Waals surface area contributed by atoms with Gasteiger partial charge in [0.25, 0.3) is 5.69 Å². The summed E-state index contributed by atoms with van der Waals surface area (Å²) in [5.74, 6) is -0.458. The summed E-state index contributed by atoms with van der Waals surface area (Å²) >= 11 is 0. The van der Waals surface area contributed by atoms with Crippen molar-refractivity contribution in [3.8, 4) is 0 Å². The molecule has 0 spiro atoms.